The van der Waals surface area contributed by atoms with E-state index in [-0.39, 0.29) is 12.1 Å². The highest BCUT2D eigenvalue weighted by Crippen LogP contribution is 2.31. The number of nitrogens with one attached hydrogen (secondary N) is 1. The third kappa shape index (κ3) is 2.10. The third-order valence-electron chi connectivity index (χ3n) is 3.59. The molecule has 1 aliphatic carbocycles. The molecule has 1 aromatic carbocycles. The molecule has 0 bridgehead atoms. The number of carbonyl (C=O) groups excluding carboxylic acids is 1. The zero-order valence-electron chi connectivity index (χ0n) is 10.2. The summed E-state index contributed by atoms with van der Waals surface area (Å²) in [6, 6.07) is 2.41. The Labute approximate surface area is 104 Å². The second-order valence-electron chi connectivity index (χ2n) is 4.85. The molecule has 0 aromatic heterocycles. The quantitative estimate of drug-likeness (QED) is 0.865. The van der Waals surface area contributed by atoms with Gasteiger partial charge in [0.1, 0.15) is 17.2 Å². The van der Waals surface area contributed by atoms with Crippen LogP contribution < -0.4 is 11.1 Å². The van der Waals surface area contributed by atoms with Gasteiger partial charge in [-0.25, -0.2) is 8.78 Å². The summed E-state index contributed by atoms with van der Waals surface area (Å²) in [6.07, 6.45) is 2.48. The number of amides is 1. The Kier molecular flexibility index (Phi) is 3.34. The second-order valence-corrected chi connectivity index (χ2v) is 4.85. The van der Waals surface area contributed by atoms with Crippen molar-refractivity contribution in [3.8, 4) is 0 Å². The van der Waals surface area contributed by atoms with Crippen LogP contribution in [0.5, 0.6) is 0 Å². The van der Waals surface area contributed by atoms with Crippen LogP contribution in [0.25, 0.3) is 0 Å². The van der Waals surface area contributed by atoms with Crippen molar-refractivity contribution in [1.82, 2.24) is 5.32 Å². The lowest BCUT2D eigenvalue weighted by molar-refractivity contribution is 0.0828. The fourth-order valence-corrected chi connectivity index (χ4v) is 2.15. The normalized spacial score (nSPS) is 17.1. The van der Waals surface area contributed by atoms with Crippen molar-refractivity contribution in [2.24, 2.45) is 5.73 Å². The van der Waals surface area contributed by atoms with Crippen LogP contribution in [0, 0.1) is 18.6 Å². The Morgan fingerprint density at radius 2 is 2.11 bits per heavy atom. The van der Waals surface area contributed by atoms with Crippen molar-refractivity contribution < 1.29 is 13.6 Å². The van der Waals surface area contributed by atoms with Gasteiger partial charge in [-0.3, -0.25) is 4.79 Å². The summed E-state index contributed by atoms with van der Waals surface area (Å²) in [7, 11) is 0. The fourth-order valence-electron chi connectivity index (χ4n) is 2.15. The largest absolute Gasteiger partial charge is 0.345 e. The summed E-state index contributed by atoms with van der Waals surface area (Å²) in [6.45, 7) is 1.78. The molecule has 0 saturated heterocycles. The number of hydrogen-bond donors (Lipinski definition) is 2. The number of halogens is 2. The van der Waals surface area contributed by atoms with E-state index in [0.29, 0.717) is 0 Å². The molecule has 2 rings (SSSR count). The van der Waals surface area contributed by atoms with Crippen LogP contribution in [0.15, 0.2) is 12.1 Å². The predicted molar refractivity (Wildman–Crippen MR) is 64.2 cm³/mol. The van der Waals surface area contributed by atoms with Crippen LogP contribution in [0.4, 0.5) is 8.78 Å². The van der Waals surface area contributed by atoms with Gasteiger partial charge in [-0.05, 0) is 37.8 Å². The monoisotopic (exact) mass is 254 g/mol. The van der Waals surface area contributed by atoms with E-state index in [1.54, 1.807) is 0 Å². The highest BCUT2D eigenvalue weighted by Gasteiger charge is 2.38. The molecular weight excluding hydrogens is 238 g/mol. The second kappa shape index (κ2) is 4.65. The zero-order chi connectivity index (χ0) is 13.3. The molecule has 18 heavy (non-hydrogen) atoms. The molecule has 1 aromatic rings. The van der Waals surface area contributed by atoms with E-state index in [4.69, 9.17) is 5.73 Å². The van der Waals surface area contributed by atoms with E-state index >= 15 is 0 Å². The van der Waals surface area contributed by atoms with Crippen LogP contribution in [0.3, 0.4) is 0 Å². The number of benzene rings is 1. The van der Waals surface area contributed by atoms with Gasteiger partial charge in [0.2, 0.25) is 0 Å². The Hall–Kier alpha value is -1.49. The van der Waals surface area contributed by atoms with Crippen molar-refractivity contribution in [3.63, 3.8) is 0 Å². The molecule has 0 aliphatic heterocycles. The number of carbonyl (C=O) groups is 1. The van der Waals surface area contributed by atoms with Crippen LogP contribution in [0.2, 0.25) is 0 Å². The average Bonchev–Trinajstić information content (AvgIpc) is 2.29. The van der Waals surface area contributed by atoms with Gasteiger partial charge in [-0.2, -0.15) is 0 Å². The molecule has 3 nitrogen and oxygen atoms in total. The Bertz CT molecular complexity index is 479. The Morgan fingerprint density at radius 1 is 1.44 bits per heavy atom. The summed E-state index contributed by atoms with van der Waals surface area (Å²) < 4.78 is 27.3. The summed E-state index contributed by atoms with van der Waals surface area (Å²) >= 11 is 0. The van der Waals surface area contributed by atoms with Gasteiger partial charge in [-0.1, -0.05) is 6.07 Å². The van der Waals surface area contributed by atoms with E-state index in [1.807, 2.05) is 0 Å². The van der Waals surface area contributed by atoms with E-state index in [2.05, 4.69) is 5.32 Å². The number of rotatable bonds is 3. The molecule has 1 amide bonds. The zero-order valence-corrected chi connectivity index (χ0v) is 10.2. The van der Waals surface area contributed by atoms with Gasteiger partial charge < -0.3 is 11.1 Å². The van der Waals surface area contributed by atoms with E-state index in [9.17, 15) is 13.6 Å². The van der Waals surface area contributed by atoms with Crippen molar-refractivity contribution in [1.29, 1.82) is 0 Å². The highest BCUT2D eigenvalue weighted by molar-refractivity contribution is 5.95. The molecule has 1 saturated carbocycles. The van der Waals surface area contributed by atoms with Crippen LogP contribution >= 0.6 is 0 Å². The third-order valence-corrected chi connectivity index (χ3v) is 3.59. The van der Waals surface area contributed by atoms with E-state index in [0.717, 1.165) is 25.3 Å². The van der Waals surface area contributed by atoms with Gasteiger partial charge in [0, 0.05) is 6.54 Å². The molecule has 3 N–H and O–H groups in total. The van der Waals surface area contributed by atoms with Crippen molar-refractivity contribution in [3.05, 3.63) is 34.9 Å². The standard InChI is InChI=1S/C13H16F2N2O/c1-8-3-4-9(14)10(11(8)15)12(18)17-13(7-16)5-2-6-13/h3-4H,2,5-7,16H2,1H3,(H,17,18). The maximum atomic E-state index is 13.8. The minimum Gasteiger partial charge on any atom is -0.345 e. The maximum absolute atomic E-state index is 13.8. The number of hydrogen-bond acceptors (Lipinski definition) is 2. The predicted octanol–water partition coefficient (Wildman–Crippen LogP) is 1.88. The van der Waals surface area contributed by atoms with Crippen molar-refractivity contribution in [2.75, 3.05) is 6.54 Å². The molecule has 0 radical (unpaired) electrons. The SMILES string of the molecule is Cc1ccc(F)c(C(=O)NC2(CN)CCC2)c1F. The number of nitrogens with two attached hydrogens (primary N) is 1. The Balaban J connectivity index is 2.26. The minimum absolute atomic E-state index is 0.247. The van der Waals surface area contributed by atoms with Gasteiger partial charge in [0.15, 0.2) is 0 Å². The first kappa shape index (κ1) is 13.0. The van der Waals surface area contributed by atoms with Gasteiger partial charge >= 0.3 is 0 Å². The first-order valence-corrected chi connectivity index (χ1v) is 5.96. The smallest absolute Gasteiger partial charge is 0.257 e. The van der Waals surface area contributed by atoms with Gasteiger partial charge in [0.25, 0.3) is 5.91 Å². The Morgan fingerprint density at radius 3 is 2.61 bits per heavy atom. The lowest BCUT2D eigenvalue weighted by Crippen LogP contribution is -2.58. The molecular formula is C13H16F2N2O. The fraction of sp³-hybridized carbons (Fsp3) is 0.462. The lowest BCUT2D eigenvalue weighted by Gasteiger charge is -2.41. The van der Waals surface area contributed by atoms with Crippen LogP contribution in [-0.2, 0) is 0 Å². The molecule has 0 heterocycles. The van der Waals surface area contributed by atoms with Gasteiger partial charge in [-0.15, -0.1) is 0 Å². The number of aryl methyl sites for hydroxylation is 1. The summed E-state index contributed by atoms with van der Waals surface area (Å²) in [5, 5.41) is 2.66. The molecule has 98 valence electrons. The first-order valence-electron chi connectivity index (χ1n) is 5.96. The molecule has 0 atom stereocenters. The summed E-state index contributed by atoms with van der Waals surface area (Å²) in [5.41, 5.74) is 4.84. The maximum Gasteiger partial charge on any atom is 0.257 e. The topological polar surface area (TPSA) is 55.1 Å². The molecule has 0 unspecified atom stereocenters. The minimum atomic E-state index is -0.845. The van der Waals surface area contributed by atoms with Crippen molar-refractivity contribution >= 4 is 5.91 Å². The van der Waals surface area contributed by atoms with E-state index in [1.165, 1.54) is 13.0 Å². The molecule has 1 aliphatic rings. The average molecular weight is 254 g/mol. The molecule has 5 heteroatoms. The van der Waals surface area contributed by atoms with E-state index < -0.39 is 28.6 Å². The van der Waals surface area contributed by atoms with Crippen molar-refractivity contribution in [2.45, 2.75) is 31.7 Å². The summed E-state index contributed by atoms with van der Waals surface area (Å²) in [4.78, 5) is 12.0. The van der Waals surface area contributed by atoms with Gasteiger partial charge in [0.05, 0.1) is 5.54 Å². The highest BCUT2D eigenvalue weighted by atomic mass is 19.1. The lowest BCUT2D eigenvalue weighted by atomic mass is 9.76. The first-order chi connectivity index (χ1) is 8.49. The van der Waals surface area contributed by atoms with Crippen LogP contribution in [0.1, 0.15) is 35.2 Å². The molecule has 0 spiro atoms. The summed E-state index contributed by atoms with van der Waals surface area (Å²) in [5.74, 6) is -2.38. The molecule has 1 fully saturated rings. The van der Waals surface area contributed by atoms with Crippen LogP contribution in [-0.4, -0.2) is 18.0 Å².